The van der Waals surface area contributed by atoms with Crippen molar-refractivity contribution in [1.82, 2.24) is 0 Å². The average molecular weight is 447 g/mol. The van der Waals surface area contributed by atoms with Crippen molar-refractivity contribution in [1.29, 1.82) is 0 Å². The van der Waals surface area contributed by atoms with Gasteiger partial charge in [0.2, 0.25) is 0 Å². The zero-order chi connectivity index (χ0) is 19.2. The molecule has 3 nitrogen and oxygen atoms in total. The molecule has 27 heavy (non-hydrogen) atoms. The van der Waals surface area contributed by atoms with E-state index in [1.807, 2.05) is 42.5 Å². The zero-order valence-corrected chi connectivity index (χ0v) is 17.6. The molecule has 0 radical (unpaired) electrons. The Labute approximate surface area is 173 Å². The van der Waals surface area contributed by atoms with Crippen LogP contribution in [0.2, 0.25) is 5.02 Å². The Bertz CT molecular complexity index is 930. The molecule has 0 saturated carbocycles. The van der Waals surface area contributed by atoms with Gasteiger partial charge >= 0.3 is 0 Å². The van der Waals surface area contributed by atoms with Gasteiger partial charge in [0, 0.05) is 22.3 Å². The number of methoxy groups -OCH3 is 1. The van der Waals surface area contributed by atoms with Crippen molar-refractivity contribution in [3.8, 4) is 11.5 Å². The summed E-state index contributed by atoms with van der Waals surface area (Å²) in [5, 5.41) is 3.97. The Morgan fingerprint density at radius 2 is 1.74 bits per heavy atom. The van der Waals surface area contributed by atoms with Crippen molar-refractivity contribution in [2.24, 2.45) is 0 Å². The molecular formula is C22H21BrClNO2. The van der Waals surface area contributed by atoms with E-state index in [1.54, 1.807) is 7.11 Å². The largest absolute Gasteiger partial charge is 0.495 e. The third-order valence-electron chi connectivity index (χ3n) is 4.30. The molecule has 3 aromatic rings. The summed E-state index contributed by atoms with van der Waals surface area (Å²) >= 11 is 9.74. The summed E-state index contributed by atoms with van der Waals surface area (Å²) < 4.78 is 12.3. The molecule has 140 valence electrons. The Morgan fingerprint density at radius 3 is 2.48 bits per heavy atom. The predicted molar refractivity (Wildman–Crippen MR) is 115 cm³/mol. The SMILES string of the molecule is COc1ccc(NCc2cc(Br)ccc2OCc2ccccc2C)cc1Cl. The topological polar surface area (TPSA) is 30.5 Å². The zero-order valence-electron chi connectivity index (χ0n) is 15.3. The predicted octanol–water partition coefficient (Wildman–Crippen LogP) is 6.61. The fraction of sp³-hybridized carbons (Fsp3) is 0.182. The van der Waals surface area contributed by atoms with Crippen LogP contribution in [0.5, 0.6) is 11.5 Å². The summed E-state index contributed by atoms with van der Waals surface area (Å²) in [6.45, 7) is 3.25. The first kappa shape index (κ1) is 19.6. The lowest BCUT2D eigenvalue weighted by Crippen LogP contribution is -2.04. The second-order valence-electron chi connectivity index (χ2n) is 6.17. The first-order valence-corrected chi connectivity index (χ1v) is 9.77. The van der Waals surface area contributed by atoms with Crippen LogP contribution in [0.1, 0.15) is 16.7 Å². The van der Waals surface area contributed by atoms with Crippen LogP contribution in [0.15, 0.2) is 65.1 Å². The number of nitrogens with one attached hydrogen (secondary N) is 1. The standard InChI is InChI=1S/C22H21BrClNO2/c1-15-5-3-4-6-16(15)14-27-21-9-7-18(23)11-17(21)13-25-19-8-10-22(26-2)20(24)12-19/h3-12,25H,13-14H2,1-2H3. The highest BCUT2D eigenvalue weighted by atomic mass is 79.9. The van der Waals surface area contributed by atoms with E-state index in [4.69, 9.17) is 21.1 Å². The number of ether oxygens (including phenoxy) is 2. The molecule has 0 heterocycles. The number of hydrogen-bond acceptors (Lipinski definition) is 3. The Kier molecular flexibility index (Phi) is 6.64. The van der Waals surface area contributed by atoms with Crippen LogP contribution in [0.3, 0.4) is 0 Å². The van der Waals surface area contributed by atoms with E-state index in [0.717, 1.165) is 21.5 Å². The van der Waals surface area contributed by atoms with Crippen molar-refractivity contribution in [2.75, 3.05) is 12.4 Å². The molecule has 5 heteroatoms. The highest BCUT2D eigenvalue weighted by Gasteiger charge is 2.08. The molecule has 0 atom stereocenters. The lowest BCUT2D eigenvalue weighted by atomic mass is 10.1. The van der Waals surface area contributed by atoms with Gasteiger partial charge in [0.15, 0.2) is 0 Å². The molecular weight excluding hydrogens is 426 g/mol. The maximum absolute atomic E-state index is 6.20. The van der Waals surface area contributed by atoms with E-state index < -0.39 is 0 Å². The Morgan fingerprint density at radius 1 is 0.963 bits per heavy atom. The number of benzene rings is 3. The quantitative estimate of drug-likeness (QED) is 0.443. The molecule has 0 aliphatic carbocycles. The minimum Gasteiger partial charge on any atom is -0.495 e. The summed E-state index contributed by atoms with van der Waals surface area (Å²) in [6.07, 6.45) is 0. The number of anilines is 1. The van der Waals surface area contributed by atoms with Gasteiger partial charge in [-0.05, 0) is 54.4 Å². The molecule has 0 fully saturated rings. The van der Waals surface area contributed by atoms with Gasteiger partial charge in [0.1, 0.15) is 18.1 Å². The Hall–Kier alpha value is -2.17. The highest BCUT2D eigenvalue weighted by molar-refractivity contribution is 9.10. The van der Waals surface area contributed by atoms with Gasteiger partial charge in [-0.25, -0.2) is 0 Å². The third kappa shape index (κ3) is 5.18. The first-order chi connectivity index (χ1) is 13.1. The molecule has 0 aliphatic heterocycles. The molecule has 3 rings (SSSR count). The van der Waals surface area contributed by atoms with Gasteiger partial charge in [-0.1, -0.05) is 51.8 Å². The van der Waals surface area contributed by atoms with Crippen molar-refractivity contribution < 1.29 is 9.47 Å². The van der Waals surface area contributed by atoms with Crippen molar-refractivity contribution in [2.45, 2.75) is 20.1 Å². The minimum atomic E-state index is 0.537. The smallest absolute Gasteiger partial charge is 0.137 e. The number of hydrogen-bond donors (Lipinski definition) is 1. The number of halogens is 2. The van der Waals surface area contributed by atoms with Gasteiger partial charge in [-0.2, -0.15) is 0 Å². The van der Waals surface area contributed by atoms with Crippen LogP contribution in [0, 0.1) is 6.92 Å². The van der Waals surface area contributed by atoms with Crippen LogP contribution in [-0.4, -0.2) is 7.11 Å². The Balaban J connectivity index is 1.72. The monoisotopic (exact) mass is 445 g/mol. The summed E-state index contributed by atoms with van der Waals surface area (Å²) in [5.74, 6) is 1.51. The normalized spacial score (nSPS) is 10.5. The molecule has 1 N–H and O–H groups in total. The van der Waals surface area contributed by atoms with Crippen LogP contribution >= 0.6 is 27.5 Å². The van der Waals surface area contributed by atoms with Crippen molar-refractivity contribution >= 4 is 33.2 Å². The van der Waals surface area contributed by atoms with Gasteiger partial charge in [-0.3, -0.25) is 0 Å². The van der Waals surface area contributed by atoms with E-state index >= 15 is 0 Å². The van der Waals surface area contributed by atoms with E-state index in [-0.39, 0.29) is 0 Å². The number of aryl methyl sites for hydroxylation is 1. The van der Waals surface area contributed by atoms with Crippen molar-refractivity contribution in [3.05, 3.63) is 86.8 Å². The minimum absolute atomic E-state index is 0.537. The van der Waals surface area contributed by atoms with E-state index in [1.165, 1.54) is 11.1 Å². The molecule has 3 aromatic carbocycles. The number of rotatable bonds is 7. The molecule has 0 unspecified atom stereocenters. The summed E-state index contributed by atoms with van der Waals surface area (Å²) in [6, 6.07) is 19.9. The molecule has 0 spiro atoms. The molecule has 0 amide bonds. The van der Waals surface area contributed by atoms with E-state index in [0.29, 0.717) is 23.9 Å². The van der Waals surface area contributed by atoms with Crippen LogP contribution in [-0.2, 0) is 13.2 Å². The lowest BCUT2D eigenvalue weighted by Gasteiger charge is -2.15. The maximum atomic E-state index is 6.20. The summed E-state index contributed by atoms with van der Waals surface area (Å²) in [5.41, 5.74) is 4.39. The van der Waals surface area contributed by atoms with Gasteiger partial charge in [0.25, 0.3) is 0 Å². The van der Waals surface area contributed by atoms with Crippen molar-refractivity contribution in [3.63, 3.8) is 0 Å². The third-order valence-corrected chi connectivity index (χ3v) is 5.09. The van der Waals surface area contributed by atoms with Crippen LogP contribution in [0.4, 0.5) is 5.69 Å². The molecule has 0 aliphatic rings. The van der Waals surface area contributed by atoms with Crippen LogP contribution in [0.25, 0.3) is 0 Å². The summed E-state index contributed by atoms with van der Waals surface area (Å²) in [4.78, 5) is 0. The van der Waals surface area contributed by atoms with E-state index in [2.05, 4.69) is 46.4 Å². The second kappa shape index (κ2) is 9.16. The van der Waals surface area contributed by atoms with E-state index in [9.17, 15) is 0 Å². The fourth-order valence-electron chi connectivity index (χ4n) is 2.73. The van der Waals surface area contributed by atoms with Crippen LogP contribution < -0.4 is 14.8 Å². The first-order valence-electron chi connectivity index (χ1n) is 8.60. The van der Waals surface area contributed by atoms with Gasteiger partial charge in [0.05, 0.1) is 12.1 Å². The highest BCUT2D eigenvalue weighted by Crippen LogP contribution is 2.29. The fourth-order valence-corrected chi connectivity index (χ4v) is 3.39. The average Bonchev–Trinajstić information content (AvgIpc) is 2.67. The second-order valence-corrected chi connectivity index (χ2v) is 7.49. The molecule has 0 saturated heterocycles. The molecule has 0 aromatic heterocycles. The lowest BCUT2D eigenvalue weighted by molar-refractivity contribution is 0.302. The summed E-state index contributed by atoms with van der Waals surface area (Å²) in [7, 11) is 1.61. The van der Waals surface area contributed by atoms with Gasteiger partial charge < -0.3 is 14.8 Å². The maximum Gasteiger partial charge on any atom is 0.137 e. The molecule has 0 bridgehead atoms. The van der Waals surface area contributed by atoms with Gasteiger partial charge in [-0.15, -0.1) is 0 Å².